The number of hydrogen-bond acceptors (Lipinski definition) is 4. The van der Waals surface area contributed by atoms with Crippen molar-refractivity contribution in [3.05, 3.63) is 23.3 Å². The maximum Gasteiger partial charge on any atom is 0.405 e. The molecule has 0 atom stereocenters. The number of benzene rings is 1. The van der Waals surface area contributed by atoms with Crippen molar-refractivity contribution in [3.8, 4) is 11.5 Å². The molecule has 1 aliphatic heterocycles. The number of carbonyl (C=O) groups excluding carboxylic acids is 1. The summed E-state index contributed by atoms with van der Waals surface area (Å²) in [6.07, 6.45) is -3.69. The molecular formula is C17H23F3N2O3. The first kappa shape index (κ1) is 19.4. The van der Waals surface area contributed by atoms with Crippen LogP contribution in [0.15, 0.2) is 12.1 Å². The third kappa shape index (κ3) is 5.81. The molecule has 1 aromatic rings. The smallest absolute Gasteiger partial charge is 0.405 e. The molecule has 0 unspecified atom stereocenters. The molecule has 5 nitrogen and oxygen atoms in total. The Kier molecular flexibility index (Phi) is 6.52. The molecule has 8 heteroatoms. The number of nitrogens with one attached hydrogen (secondary N) is 1. The van der Waals surface area contributed by atoms with E-state index in [1.54, 1.807) is 0 Å². The minimum absolute atomic E-state index is 0.0628. The van der Waals surface area contributed by atoms with Crippen LogP contribution in [0.3, 0.4) is 0 Å². The Balaban J connectivity index is 2.02. The second kappa shape index (κ2) is 8.42. The number of rotatable bonds is 7. The van der Waals surface area contributed by atoms with Gasteiger partial charge in [-0.3, -0.25) is 9.69 Å². The molecule has 0 bridgehead atoms. The number of hydrogen-bond donors (Lipinski definition) is 1. The van der Waals surface area contributed by atoms with E-state index in [4.69, 9.17) is 9.47 Å². The second-order valence-corrected chi connectivity index (χ2v) is 5.79. The largest absolute Gasteiger partial charge is 0.490 e. The lowest BCUT2D eigenvalue weighted by Crippen LogP contribution is -2.42. The molecule has 1 aromatic carbocycles. The van der Waals surface area contributed by atoms with Crippen molar-refractivity contribution in [2.75, 3.05) is 32.8 Å². The molecule has 1 aliphatic rings. The predicted molar refractivity (Wildman–Crippen MR) is 86.8 cm³/mol. The molecular weight excluding hydrogens is 337 g/mol. The van der Waals surface area contributed by atoms with Gasteiger partial charge >= 0.3 is 6.18 Å². The summed E-state index contributed by atoms with van der Waals surface area (Å²) in [5.74, 6) is 0.711. The Labute approximate surface area is 145 Å². The Morgan fingerprint density at radius 3 is 2.32 bits per heavy atom. The van der Waals surface area contributed by atoms with Gasteiger partial charge in [-0.2, -0.15) is 13.2 Å². The first-order valence-corrected chi connectivity index (χ1v) is 8.29. The van der Waals surface area contributed by atoms with E-state index in [0.29, 0.717) is 44.2 Å². The van der Waals surface area contributed by atoms with E-state index in [9.17, 15) is 18.0 Å². The molecule has 0 saturated carbocycles. The van der Waals surface area contributed by atoms with Crippen LogP contribution in [-0.2, 0) is 17.8 Å². The summed E-state index contributed by atoms with van der Waals surface area (Å²) >= 11 is 0. The van der Waals surface area contributed by atoms with Crippen molar-refractivity contribution in [2.24, 2.45) is 0 Å². The van der Waals surface area contributed by atoms with Crippen molar-refractivity contribution in [1.29, 1.82) is 0 Å². The van der Waals surface area contributed by atoms with Gasteiger partial charge in [0.2, 0.25) is 5.91 Å². The van der Waals surface area contributed by atoms with Crippen molar-refractivity contribution in [3.63, 3.8) is 0 Å². The van der Waals surface area contributed by atoms with Crippen molar-refractivity contribution in [2.45, 2.75) is 33.0 Å². The summed E-state index contributed by atoms with van der Waals surface area (Å²) in [6, 6.07) is 3.84. The molecule has 1 amide bonds. The van der Waals surface area contributed by atoms with Crippen LogP contribution < -0.4 is 14.8 Å². The zero-order valence-electron chi connectivity index (χ0n) is 14.4. The molecule has 1 heterocycles. The van der Waals surface area contributed by atoms with Crippen molar-refractivity contribution >= 4 is 5.91 Å². The van der Waals surface area contributed by atoms with Gasteiger partial charge in [-0.15, -0.1) is 0 Å². The van der Waals surface area contributed by atoms with Crippen LogP contribution in [0, 0.1) is 0 Å². The van der Waals surface area contributed by atoms with E-state index >= 15 is 0 Å². The van der Waals surface area contributed by atoms with Crippen LogP contribution in [0.1, 0.15) is 25.0 Å². The summed E-state index contributed by atoms with van der Waals surface area (Å²) in [4.78, 5) is 13.5. The van der Waals surface area contributed by atoms with Crippen LogP contribution in [-0.4, -0.2) is 49.8 Å². The van der Waals surface area contributed by atoms with Crippen LogP contribution in [0.5, 0.6) is 11.5 Å². The van der Waals surface area contributed by atoms with E-state index in [0.717, 1.165) is 11.1 Å². The third-order valence-electron chi connectivity index (χ3n) is 3.81. The van der Waals surface area contributed by atoms with E-state index in [-0.39, 0.29) is 6.54 Å². The number of alkyl halides is 3. The van der Waals surface area contributed by atoms with Gasteiger partial charge in [0.15, 0.2) is 11.5 Å². The zero-order chi connectivity index (χ0) is 18.4. The molecule has 0 saturated heterocycles. The van der Waals surface area contributed by atoms with Gasteiger partial charge in [-0.05, 0) is 43.5 Å². The summed E-state index contributed by atoms with van der Waals surface area (Å²) in [5, 5.41) is 1.90. The Hall–Kier alpha value is -1.96. The fourth-order valence-corrected chi connectivity index (χ4v) is 2.75. The Morgan fingerprint density at radius 1 is 1.16 bits per heavy atom. The highest BCUT2D eigenvalue weighted by Crippen LogP contribution is 2.33. The molecule has 0 aliphatic carbocycles. The van der Waals surface area contributed by atoms with Gasteiger partial charge in [0.1, 0.15) is 6.54 Å². The van der Waals surface area contributed by atoms with Crippen molar-refractivity contribution < 1.29 is 27.4 Å². The number of nitrogens with zero attached hydrogens (tertiary/aromatic N) is 1. The third-order valence-corrected chi connectivity index (χ3v) is 3.81. The molecule has 0 aromatic heterocycles. The number of ether oxygens (including phenoxy) is 2. The highest BCUT2D eigenvalue weighted by atomic mass is 19.4. The minimum atomic E-state index is -4.40. The van der Waals surface area contributed by atoms with Crippen LogP contribution >= 0.6 is 0 Å². The van der Waals surface area contributed by atoms with E-state index in [2.05, 4.69) is 0 Å². The predicted octanol–water partition coefficient (Wildman–Crippen LogP) is 2.52. The summed E-state index contributed by atoms with van der Waals surface area (Å²) < 4.78 is 47.7. The van der Waals surface area contributed by atoms with Gasteiger partial charge < -0.3 is 14.8 Å². The average molecular weight is 360 g/mol. The molecule has 25 heavy (non-hydrogen) atoms. The molecule has 140 valence electrons. The standard InChI is InChI=1S/C17H23F3N2O3/c1-3-24-14-7-12-5-6-22(9-13(12)8-15(14)25-4-2)10-16(23)21-11-17(18,19)20/h7-8H,3-6,9-11H2,1-2H3,(H,21,23). The maximum absolute atomic E-state index is 12.2. The summed E-state index contributed by atoms with van der Waals surface area (Å²) in [7, 11) is 0. The normalized spacial score (nSPS) is 14.8. The number of carbonyl (C=O) groups is 1. The van der Waals surface area contributed by atoms with Gasteiger partial charge in [0.05, 0.1) is 19.8 Å². The lowest BCUT2D eigenvalue weighted by Gasteiger charge is -2.29. The first-order valence-electron chi connectivity index (χ1n) is 8.29. The summed E-state index contributed by atoms with van der Waals surface area (Å²) in [6.45, 7) is 4.54. The van der Waals surface area contributed by atoms with E-state index < -0.39 is 18.6 Å². The molecule has 0 radical (unpaired) electrons. The number of halogens is 3. The van der Waals surface area contributed by atoms with Gasteiger partial charge in [-0.25, -0.2) is 0 Å². The molecule has 1 N–H and O–H groups in total. The molecule has 0 fully saturated rings. The number of amides is 1. The van der Waals surface area contributed by atoms with Gasteiger partial charge in [0, 0.05) is 13.1 Å². The van der Waals surface area contributed by atoms with E-state index in [1.165, 1.54) is 0 Å². The SMILES string of the molecule is CCOc1cc2c(cc1OCC)CN(CC(=O)NCC(F)(F)F)CC2. The molecule has 2 rings (SSSR count). The fraction of sp³-hybridized carbons (Fsp3) is 0.588. The van der Waals surface area contributed by atoms with E-state index in [1.807, 2.05) is 36.2 Å². The van der Waals surface area contributed by atoms with Crippen LogP contribution in [0.25, 0.3) is 0 Å². The topological polar surface area (TPSA) is 50.8 Å². The highest BCUT2D eigenvalue weighted by Gasteiger charge is 2.28. The minimum Gasteiger partial charge on any atom is -0.490 e. The lowest BCUT2D eigenvalue weighted by atomic mass is 9.99. The average Bonchev–Trinajstić information content (AvgIpc) is 2.53. The van der Waals surface area contributed by atoms with Gasteiger partial charge in [0.25, 0.3) is 0 Å². The zero-order valence-corrected chi connectivity index (χ0v) is 14.4. The van der Waals surface area contributed by atoms with Crippen LogP contribution in [0.4, 0.5) is 13.2 Å². The van der Waals surface area contributed by atoms with Gasteiger partial charge in [-0.1, -0.05) is 0 Å². The first-order chi connectivity index (χ1) is 11.8. The molecule has 0 spiro atoms. The monoisotopic (exact) mass is 360 g/mol. The number of fused-ring (bicyclic) bond motifs is 1. The maximum atomic E-state index is 12.2. The Morgan fingerprint density at radius 2 is 1.76 bits per heavy atom. The fourth-order valence-electron chi connectivity index (χ4n) is 2.75. The Bertz CT molecular complexity index is 606. The highest BCUT2D eigenvalue weighted by molar-refractivity contribution is 5.78. The summed E-state index contributed by atoms with van der Waals surface area (Å²) in [5.41, 5.74) is 2.11. The van der Waals surface area contributed by atoms with Crippen molar-refractivity contribution in [1.82, 2.24) is 10.2 Å². The second-order valence-electron chi connectivity index (χ2n) is 5.79. The quantitative estimate of drug-likeness (QED) is 0.812. The van der Waals surface area contributed by atoms with Crippen LogP contribution in [0.2, 0.25) is 0 Å². The lowest BCUT2D eigenvalue weighted by molar-refractivity contribution is -0.139.